The highest BCUT2D eigenvalue weighted by molar-refractivity contribution is 5.74. The lowest BCUT2D eigenvalue weighted by Crippen LogP contribution is -2.27. The smallest absolute Gasteiger partial charge is 0.334 e. The number of methoxy groups -OCH3 is 2. The molecule has 0 aromatic rings. The minimum atomic E-state index is -0.722. The maximum atomic E-state index is 10.9. The van der Waals surface area contributed by atoms with Crippen LogP contribution in [0.4, 0.5) is 0 Å². The van der Waals surface area contributed by atoms with E-state index in [-0.39, 0.29) is 6.79 Å². The van der Waals surface area contributed by atoms with Crippen molar-refractivity contribution >= 4 is 11.9 Å². The minimum absolute atomic E-state index is 0.174. The first-order chi connectivity index (χ1) is 7.02. The van der Waals surface area contributed by atoms with Gasteiger partial charge in [-0.15, -0.1) is 0 Å². The average molecular weight is 220 g/mol. The fourth-order valence-electron chi connectivity index (χ4n) is 0.711. The van der Waals surface area contributed by atoms with Crippen LogP contribution in [0.15, 0.2) is 0 Å². The van der Waals surface area contributed by atoms with E-state index in [1.54, 1.807) is 0 Å². The summed E-state index contributed by atoms with van der Waals surface area (Å²) < 4.78 is 18.8. The van der Waals surface area contributed by atoms with Crippen LogP contribution in [0.3, 0.4) is 0 Å². The van der Waals surface area contributed by atoms with Gasteiger partial charge in [0.25, 0.3) is 0 Å². The number of ether oxygens (including phenoxy) is 4. The number of rotatable bonds is 6. The molecule has 0 aliphatic carbocycles. The van der Waals surface area contributed by atoms with Crippen LogP contribution in [0.2, 0.25) is 0 Å². The Bertz CT molecular complexity index is 193. The standard InChI is InChI=1S/C9H16O6/c1-6(8(10)12-3)14-5-15-7(2)9(11)13-4/h6-7H,5H2,1-4H3. The molecule has 88 valence electrons. The number of hydrogen-bond donors (Lipinski definition) is 0. The highest BCUT2D eigenvalue weighted by Crippen LogP contribution is 1.98. The van der Waals surface area contributed by atoms with Gasteiger partial charge in [-0.2, -0.15) is 0 Å². The summed E-state index contributed by atoms with van der Waals surface area (Å²) in [6, 6.07) is 0. The van der Waals surface area contributed by atoms with E-state index in [9.17, 15) is 9.59 Å². The molecule has 0 rings (SSSR count). The fourth-order valence-corrected chi connectivity index (χ4v) is 0.711. The van der Waals surface area contributed by atoms with Crippen LogP contribution in [0, 0.1) is 0 Å². The van der Waals surface area contributed by atoms with Gasteiger partial charge in [0.05, 0.1) is 14.2 Å². The zero-order valence-electron chi connectivity index (χ0n) is 9.31. The molecule has 0 saturated carbocycles. The Balaban J connectivity index is 3.70. The van der Waals surface area contributed by atoms with Crippen LogP contribution in [-0.2, 0) is 28.5 Å². The highest BCUT2D eigenvalue weighted by atomic mass is 16.7. The Morgan fingerprint density at radius 2 is 1.27 bits per heavy atom. The third kappa shape index (κ3) is 5.34. The molecule has 0 radical (unpaired) electrons. The summed E-state index contributed by atoms with van der Waals surface area (Å²) in [6.07, 6.45) is -1.44. The topological polar surface area (TPSA) is 71.1 Å². The van der Waals surface area contributed by atoms with Gasteiger partial charge in [-0.05, 0) is 13.8 Å². The summed E-state index contributed by atoms with van der Waals surface area (Å²) in [4.78, 5) is 21.8. The van der Waals surface area contributed by atoms with Gasteiger partial charge in [-0.1, -0.05) is 0 Å². The molecule has 0 aliphatic rings. The molecule has 0 amide bonds. The predicted molar refractivity (Wildman–Crippen MR) is 50.0 cm³/mol. The summed E-state index contributed by atoms with van der Waals surface area (Å²) >= 11 is 0. The summed E-state index contributed by atoms with van der Waals surface area (Å²) in [5.41, 5.74) is 0. The van der Waals surface area contributed by atoms with Crippen molar-refractivity contribution in [2.45, 2.75) is 26.1 Å². The number of esters is 2. The predicted octanol–water partition coefficient (Wildman–Crippen LogP) is 0.100. The molecule has 0 N–H and O–H groups in total. The van der Waals surface area contributed by atoms with Gasteiger partial charge >= 0.3 is 11.9 Å². The van der Waals surface area contributed by atoms with Crippen molar-refractivity contribution < 1.29 is 28.5 Å². The molecule has 0 aromatic carbocycles. The van der Waals surface area contributed by atoms with Crippen molar-refractivity contribution in [3.05, 3.63) is 0 Å². The Hall–Kier alpha value is -1.14. The lowest BCUT2D eigenvalue weighted by Gasteiger charge is -2.13. The maximum absolute atomic E-state index is 10.9. The second kappa shape index (κ2) is 7.19. The van der Waals surface area contributed by atoms with E-state index in [1.165, 1.54) is 28.1 Å². The van der Waals surface area contributed by atoms with Crippen LogP contribution in [0.5, 0.6) is 0 Å². The Labute approximate surface area is 88.4 Å². The third-order valence-corrected chi connectivity index (χ3v) is 1.70. The van der Waals surface area contributed by atoms with Crippen LogP contribution in [0.1, 0.15) is 13.8 Å². The van der Waals surface area contributed by atoms with E-state index in [1.807, 2.05) is 0 Å². The molecular formula is C9H16O6. The Kier molecular flexibility index (Phi) is 6.64. The number of hydrogen-bond acceptors (Lipinski definition) is 6. The molecule has 0 spiro atoms. The van der Waals surface area contributed by atoms with Gasteiger partial charge in [0.1, 0.15) is 6.79 Å². The second-order valence-electron chi connectivity index (χ2n) is 2.78. The Morgan fingerprint density at radius 1 is 0.933 bits per heavy atom. The van der Waals surface area contributed by atoms with E-state index in [4.69, 9.17) is 9.47 Å². The van der Waals surface area contributed by atoms with E-state index >= 15 is 0 Å². The highest BCUT2D eigenvalue weighted by Gasteiger charge is 2.16. The van der Waals surface area contributed by atoms with Gasteiger partial charge in [0.15, 0.2) is 12.2 Å². The number of carbonyl (C=O) groups excluding carboxylic acids is 2. The summed E-state index contributed by atoms with van der Waals surface area (Å²) in [5.74, 6) is -0.992. The van der Waals surface area contributed by atoms with Crippen molar-refractivity contribution in [1.82, 2.24) is 0 Å². The molecule has 0 aromatic heterocycles. The zero-order chi connectivity index (χ0) is 11.8. The summed E-state index contributed by atoms with van der Waals surface area (Å²) in [5, 5.41) is 0. The van der Waals surface area contributed by atoms with E-state index in [0.717, 1.165) is 0 Å². The monoisotopic (exact) mass is 220 g/mol. The SMILES string of the molecule is COC(=O)C(C)OCOC(C)C(=O)OC. The van der Waals surface area contributed by atoms with Gasteiger partial charge in [-0.3, -0.25) is 0 Å². The van der Waals surface area contributed by atoms with Crippen molar-refractivity contribution in [2.75, 3.05) is 21.0 Å². The fraction of sp³-hybridized carbons (Fsp3) is 0.778. The molecule has 15 heavy (non-hydrogen) atoms. The zero-order valence-corrected chi connectivity index (χ0v) is 9.31. The van der Waals surface area contributed by atoms with Crippen molar-refractivity contribution in [1.29, 1.82) is 0 Å². The van der Waals surface area contributed by atoms with Gasteiger partial charge in [0, 0.05) is 0 Å². The Morgan fingerprint density at radius 3 is 1.53 bits per heavy atom. The molecule has 6 nitrogen and oxygen atoms in total. The first-order valence-corrected chi connectivity index (χ1v) is 4.41. The van der Waals surface area contributed by atoms with Crippen LogP contribution in [-0.4, -0.2) is 45.2 Å². The van der Waals surface area contributed by atoms with Crippen LogP contribution >= 0.6 is 0 Å². The molecule has 0 saturated heterocycles. The van der Waals surface area contributed by atoms with Crippen molar-refractivity contribution in [3.63, 3.8) is 0 Å². The molecule has 0 aliphatic heterocycles. The van der Waals surface area contributed by atoms with Crippen molar-refractivity contribution in [2.24, 2.45) is 0 Å². The molecule has 0 heterocycles. The molecule has 0 fully saturated rings. The molecule has 2 atom stereocenters. The number of carbonyl (C=O) groups is 2. The summed E-state index contributed by atoms with van der Waals surface area (Å²) in [7, 11) is 2.53. The first kappa shape index (κ1) is 13.9. The second-order valence-corrected chi connectivity index (χ2v) is 2.78. The molecular weight excluding hydrogens is 204 g/mol. The lowest BCUT2D eigenvalue weighted by atomic mass is 10.4. The van der Waals surface area contributed by atoms with Crippen molar-refractivity contribution in [3.8, 4) is 0 Å². The normalized spacial score (nSPS) is 14.1. The maximum Gasteiger partial charge on any atom is 0.334 e. The van der Waals surface area contributed by atoms with E-state index < -0.39 is 24.1 Å². The average Bonchev–Trinajstić information content (AvgIpc) is 2.26. The first-order valence-electron chi connectivity index (χ1n) is 4.41. The third-order valence-electron chi connectivity index (χ3n) is 1.70. The van der Waals surface area contributed by atoms with Gasteiger partial charge in [-0.25, -0.2) is 9.59 Å². The van der Waals surface area contributed by atoms with Gasteiger partial charge < -0.3 is 18.9 Å². The van der Waals surface area contributed by atoms with Gasteiger partial charge in [0.2, 0.25) is 0 Å². The quantitative estimate of drug-likeness (QED) is 0.467. The van der Waals surface area contributed by atoms with E-state index in [2.05, 4.69) is 9.47 Å². The van der Waals surface area contributed by atoms with Crippen LogP contribution < -0.4 is 0 Å². The molecule has 6 heteroatoms. The van der Waals surface area contributed by atoms with E-state index in [0.29, 0.717) is 0 Å². The van der Waals surface area contributed by atoms with Crippen LogP contribution in [0.25, 0.3) is 0 Å². The molecule has 0 bridgehead atoms. The molecule has 2 unspecified atom stereocenters. The summed E-state index contributed by atoms with van der Waals surface area (Å²) in [6.45, 7) is 2.88. The largest absolute Gasteiger partial charge is 0.467 e. The lowest BCUT2D eigenvalue weighted by molar-refractivity contribution is -0.175. The minimum Gasteiger partial charge on any atom is -0.467 e.